The zero-order valence-corrected chi connectivity index (χ0v) is 11.7. The Hall–Kier alpha value is -2.03. The fourth-order valence-corrected chi connectivity index (χ4v) is 2.09. The predicted octanol–water partition coefficient (Wildman–Crippen LogP) is 3.71. The van der Waals surface area contributed by atoms with Gasteiger partial charge in [0.15, 0.2) is 0 Å². The van der Waals surface area contributed by atoms with Gasteiger partial charge in [-0.15, -0.1) is 0 Å². The van der Waals surface area contributed by atoms with E-state index < -0.39 is 0 Å². The number of aryl methyl sites for hydroxylation is 2. The molecule has 0 atom stereocenters. The number of rotatable bonds is 5. The Bertz CT molecular complexity index is 532. The maximum absolute atomic E-state index is 5.51. The van der Waals surface area contributed by atoms with Crippen LogP contribution in [0.25, 0.3) is 0 Å². The van der Waals surface area contributed by atoms with Crippen molar-refractivity contribution < 1.29 is 4.74 Å². The molecule has 1 aromatic carbocycles. The molecule has 1 aromatic heterocycles. The van der Waals surface area contributed by atoms with Crippen LogP contribution in [0.1, 0.15) is 23.6 Å². The third-order valence-electron chi connectivity index (χ3n) is 3.15. The quantitative estimate of drug-likeness (QED) is 0.885. The second-order valence-electron chi connectivity index (χ2n) is 4.51. The zero-order chi connectivity index (χ0) is 13.7. The molecular weight excluding hydrogens is 236 g/mol. The highest BCUT2D eigenvalue weighted by Gasteiger charge is 2.06. The SMILES string of the molecule is CCOc1ncccc1NCc1c(C)cccc1C. The molecule has 0 saturated carbocycles. The number of hydrogen-bond donors (Lipinski definition) is 1. The molecule has 100 valence electrons. The summed E-state index contributed by atoms with van der Waals surface area (Å²) in [5, 5.41) is 3.41. The molecule has 0 spiro atoms. The Kier molecular flexibility index (Phi) is 4.39. The molecule has 2 aromatic rings. The van der Waals surface area contributed by atoms with Gasteiger partial charge in [0.2, 0.25) is 5.88 Å². The number of anilines is 1. The fraction of sp³-hybridized carbons (Fsp3) is 0.312. The van der Waals surface area contributed by atoms with Crippen LogP contribution in [0.3, 0.4) is 0 Å². The Labute approximate surface area is 114 Å². The highest BCUT2D eigenvalue weighted by Crippen LogP contribution is 2.22. The molecule has 0 radical (unpaired) electrons. The van der Waals surface area contributed by atoms with Crippen molar-refractivity contribution in [2.45, 2.75) is 27.3 Å². The van der Waals surface area contributed by atoms with Crippen molar-refractivity contribution in [2.75, 3.05) is 11.9 Å². The van der Waals surface area contributed by atoms with Crippen LogP contribution in [0.2, 0.25) is 0 Å². The minimum Gasteiger partial charge on any atom is -0.476 e. The van der Waals surface area contributed by atoms with Crippen LogP contribution >= 0.6 is 0 Å². The lowest BCUT2D eigenvalue weighted by Crippen LogP contribution is -2.06. The van der Waals surface area contributed by atoms with Gasteiger partial charge in [0.1, 0.15) is 0 Å². The van der Waals surface area contributed by atoms with Crippen molar-refractivity contribution in [1.29, 1.82) is 0 Å². The number of hydrogen-bond acceptors (Lipinski definition) is 3. The lowest BCUT2D eigenvalue weighted by atomic mass is 10.0. The summed E-state index contributed by atoms with van der Waals surface area (Å²) in [5.41, 5.74) is 4.87. The van der Waals surface area contributed by atoms with Gasteiger partial charge in [-0.05, 0) is 49.6 Å². The van der Waals surface area contributed by atoms with E-state index in [1.165, 1.54) is 16.7 Å². The largest absolute Gasteiger partial charge is 0.476 e. The summed E-state index contributed by atoms with van der Waals surface area (Å²) >= 11 is 0. The minimum atomic E-state index is 0.620. The standard InChI is InChI=1S/C16H20N2O/c1-4-19-16-15(9-6-10-17-16)18-11-14-12(2)7-5-8-13(14)3/h5-10,18H,4,11H2,1-3H3. The van der Waals surface area contributed by atoms with Crippen LogP contribution in [0, 0.1) is 13.8 Å². The topological polar surface area (TPSA) is 34.1 Å². The summed E-state index contributed by atoms with van der Waals surface area (Å²) in [6.45, 7) is 7.64. The molecule has 3 heteroatoms. The third kappa shape index (κ3) is 3.25. The van der Waals surface area contributed by atoms with Gasteiger partial charge in [0.05, 0.1) is 12.3 Å². The summed E-state index contributed by atoms with van der Waals surface area (Å²) in [6, 6.07) is 10.3. The number of ether oxygens (including phenoxy) is 1. The van der Waals surface area contributed by atoms with Gasteiger partial charge >= 0.3 is 0 Å². The first-order valence-electron chi connectivity index (χ1n) is 6.59. The lowest BCUT2D eigenvalue weighted by molar-refractivity contribution is 0.328. The van der Waals surface area contributed by atoms with Gasteiger partial charge in [0.25, 0.3) is 0 Å². The molecule has 0 bridgehead atoms. The first-order valence-corrected chi connectivity index (χ1v) is 6.59. The monoisotopic (exact) mass is 256 g/mol. The molecule has 1 N–H and O–H groups in total. The smallest absolute Gasteiger partial charge is 0.237 e. The van der Waals surface area contributed by atoms with E-state index in [0.717, 1.165) is 12.2 Å². The van der Waals surface area contributed by atoms with Gasteiger partial charge in [0, 0.05) is 12.7 Å². The summed E-state index contributed by atoms with van der Waals surface area (Å²) < 4.78 is 5.51. The lowest BCUT2D eigenvalue weighted by Gasteiger charge is -2.14. The van der Waals surface area contributed by atoms with Crippen LogP contribution in [0.5, 0.6) is 5.88 Å². The normalized spacial score (nSPS) is 10.3. The maximum Gasteiger partial charge on any atom is 0.237 e. The summed E-state index contributed by atoms with van der Waals surface area (Å²) in [4.78, 5) is 4.24. The number of nitrogens with one attached hydrogen (secondary N) is 1. The van der Waals surface area contributed by atoms with Crippen molar-refractivity contribution in [3.8, 4) is 5.88 Å². The first kappa shape index (κ1) is 13.4. The molecule has 0 aliphatic rings. The van der Waals surface area contributed by atoms with E-state index in [1.807, 2.05) is 19.1 Å². The van der Waals surface area contributed by atoms with Crippen LogP contribution in [0.15, 0.2) is 36.5 Å². The van der Waals surface area contributed by atoms with E-state index in [9.17, 15) is 0 Å². The van der Waals surface area contributed by atoms with Gasteiger partial charge in [-0.1, -0.05) is 18.2 Å². The van der Waals surface area contributed by atoms with E-state index >= 15 is 0 Å². The van der Waals surface area contributed by atoms with Crippen molar-refractivity contribution in [3.63, 3.8) is 0 Å². The Morgan fingerprint density at radius 3 is 2.53 bits per heavy atom. The van der Waals surface area contributed by atoms with Gasteiger partial charge in [-0.2, -0.15) is 0 Å². The molecule has 19 heavy (non-hydrogen) atoms. The average molecular weight is 256 g/mol. The molecule has 0 fully saturated rings. The molecule has 0 amide bonds. The van der Waals surface area contributed by atoms with Gasteiger partial charge in [-0.3, -0.25) is 0 Å². The van der Waals surface area contributed by atoms with Crippen LogP contribution in [0.4, 0.5) is 5.69 Å². The molecule has 0 saturated heterocycles. The number of nitrogens with zero attached hydrogens (tertiary/aromatic N) is 1. The molecular formula is C16H20N2O. The summed E-state index contributed by atoms with van der Waals surface area (Å²) in [6.07, 6.45) is 1.75. The van der Waals surface area contributed by atoms with Crippen molar-refractivity contribution >= 4 is 5.69 Å². The summed E-state index contributed by atoms with van der Waals surface area (Å²) in [5.74, 6) is 0.663. The minimum absolute atomic E-state index is 0.620. The van der Waals surface area contributed by atoms with Crippen LogP contribution < -0.4 is 10.1 Å². The van der Waals surface area contributed by atoms with Crippen molar-refractivity contribution in [3.05, 3.63) is 53.2 Å². The molecule has 0 aliphatic heterocycles. The van der Waals surface area contributed by atoms with Crippen molar-refractivity contribution in [1.82, 2.24) is 4.98 Å². The Balaban J connectivity index is 2.15. The zero-order valence-electron chi connectivity index (χ0n) is 11.7. The van der Waals surface area contributed by atoms with Gasteiger partial charge < -0.3 is 10.1 Å². The average Bonchev–Trinajstić information content (AvgIpc) is 2.40. The molecule has 0 unspecified atom stereocenters. The number of benzene rings is 1. The Morgan fingerprint density at radius 2 is 1.84 bits per heavy atom. The van der Waals surface area contributed by atoms with E-state index in [0.29, 0.717) is 12.5 Å². The van der Waals surface area contributed by atoms with E-state index in [2.05, 4.69) is 42.3 Å². The molecule has 2 rings (SSSR count). The maximum atomic E-state index is 5.51. The van der Waals surface area contributed by atoms with Crippen LogP contribution in [-0.2, 0) is 6.54 Å². The molecule has 1 heterocycles. The highest BCUT2D eigenvalue weighted by atomic mass is 16.5. The number of pyridine rings is 1. The fourth-order valence-electron chi connectivity index (χ4n) is 2.09. The van der Waals surface area contributed by atoms with Gasteiger partial charge in [-0.25, -0.2) is 4.98 Å². The summed E-state index contributed by atoms with van der Waals surface area (Å²) in [7, 11) is 0. The van der Waals surface area contributed by atoms with E-state index in [-0.39, 0.29) is 0 Å². The predicted molar refractivity (Wildman–Crippen MR) is 78.6 cm³/mol. The van der Waals surface area contributed by atoms with Crippen LogP contribution in [-0.4, -0.2) is 11.6 Å². The second-order valence-corrected chi connectivity index (χ2v) is 4.51. The first-order chi connectivity index (χ1) is 9.22. The van der Waals surface area contributed by atoms with E-state index in [4.69, 9.17) is 4.74 Å². The second kappa shape index (κ2) is 6.23. The molecule has 0 aliphatic carbocycles. The highest BCUT2D eigenvalue weighted by molar-refractivity contribution is 5.53. The van der Waals surface area contributed by atoms with Crippen molar-refractivity contribution in [2.24, 2.45) is 0 Å². The Morgan fingerprint density at radius 1 is 1.11 bits per heavy atom. The van der Waals surface area contributed by atoms with E-state index in [1.54, 1.807) is 6.20 Å². The number of aromatic nitrogens is 1. The molecule has 3 nitrogen and oxygen atoms in total. The third-order valence-corrected chi connectivity index (χ3v) is 3.15.